The van der Waals surface area contributed by atoms with Crippen molar-refractivity contribution in [1.82, 2.24) is 0 Å². The number of para-hydroxylation sites is 2. The van der Waals surface area contributed by atoms with Gasteiger partial charge in [0.15, 0.2) is 0 Å². The maximum atomic E-state index is 6.29. The minimum atomic E-state index is 0.270. The first kappa shape index (κ1) is 44.0. The molecule has 0 unspecified atom stereocenters. The molecule has 0 aromatic heterocycles. The minimum absolute atomic E-state index is 0.270. The first-order valence-corrected chi connectivity index (χ1v) is 22.7. The van der Waals surface area contributed by atoms with Gasteiger partial charge in [0.05, 0.1) is 32.2 Å². The third kappa shape index (κ3) is 12.1. The third-order valence-electron chi connectivity index (χ3n) is 11.6. The van der Waals surface area contributed by atoms with Crippen LogP contribution in [0.3, 0.4) is 0 Å². The lowest BCUT2D eigenvalue weighted by Gasteiger charge is -2.40. The van der Waals surface area contributed by atoms with Crippen LogP contribution < -0.4 is 15.5 Å². The molecule has 320 valence electrons. The number of hydrogen-bond acceptors (Lipinski definition) is 6. The summed E-state index contributed by atoms with van der Waals surface area (Å²) < 4.78 is 17.7. The van der Waals surface area contributed by atoms with Crippen LogP contribution in [0, 0.1) is 5.41 Å². The van der Waals surface area contributed by atoms with Gasteiger partial charge in [0.2, 0.25) is 0 Å². The Balaban J connectivity index is 0.00000285. The molecule has 6 nitrogen and oxygen atoms in total. The summed E-state index contributed by atoms with van der Waals surface area (Å²) in [7, 11) is 0. The summed E-state index contributed by atoms with van der Waals surface area (Å²) in [6, 6.07) is 55.7. The Morgan fingerprint density at radius 2 is 0.968 bits per heavy atom. The Morgan fingerprint density at radius 3 is 1.39 bits per heavy atom. The van der Waals surface area contributed by atoms with Gasteiger partial charge in [-0.2, -0.15) is 0 Å². The maximum absolute atomic E-state index is 6.29. The van der Waals surface area contributed by atoms with Gasteiger partial charge in [-0.1, -0.05) is 112 Å². The molecule has 0 spiro atoms. The lowest BCUT2D eigenvalue weighted by molar-refractivity contribution is -0.150. The predicted octanol–water partition coefficient (Wildman–Crippen LogP) is 15.3. The van der Waals surface area contributed by atoms with Crippen LogP contribution in [-0.4, -0.2) is 33.0 Å². The Hall–Kier alpha value is -6.08. The molecule has 6 aromatic rings. The van der Waals surface area contributed by atoms with Crippen molar-refractivity contribution in [2.45, 2.75) is 65.7 Å². The molecule has 0 bridgehead atoms. The van der Waals surface area contributed by atoms with Crippen LogP contribution in [0.4, 0.5) is 34.1 Å². The molecule has 1 aliphatic carbocycles. The normalized spacial score (nSPS) is 14.0. The smallest absolute Gasteiger partial charge is 0.0964 e. The number of allylic oxidation sites excluding steroid dienone is 4. The fourth-order valence-corrected chi connectivity index (χ4v) is 7.80. The van der Waals surface area contributed by atoms with E-state index in [-0.39, 0.29) is 5.41 Å². The molecule has 1 fully saturated rings. The third-order valence-corrected chi connectivity index (χ3v) is 11.6. The predicted molar refractivity (Wildman–Crippen MR) is 261 cm³/mol. The fraction of sp³-hybridized carbons (Fsp3) is 0.286. The van der Waals surface area contributed by atoms with Gasteiger partial charge < -0.3 is 29.7 Å². The summed E-state index contributed by atoms with van der Waals surface area (Å²) in [5.74, 6) is 1.07. The van der Waals surface area contributed by atoms with Crippen LogP contribution in [0.2, 0.25) is 0 Å². The van der Waals surface area contributed by atoms with E-state index in [4.69, 9.17) is 14.2 Å². The fourth-order valence-electron chi connectivity index (χ4n) is 7.80. The van der Waals surface area contributed by atoms with Crippen LogP contribution >= 0.6 is 0 Å². The van der Waals surface area contributed by atoms with Crippen LogP contribution in [-0.2, 0) is 14.2 Å². The lowest BCUT2D eigenvalue weighted by Crippen LogP contribution is -2.45. The first-order chi connectivity index (χ1) is 30.6. The van der Waals surface area contributed by atoms with Crippen molar-refractivity contribution in [3.05, 3.63) is 181 Å². The van der Waals surface area contributed by atoms with Gasteiger partial charge in [0, 0.05) is 58.3 Å². The zero-order valence-electron chi connectivity index (χ0n) is 36.8. The summed E-state index contributed by atoms with van der Waals surface area (Å²) in [5, 5.41) is 6.97. The van der Waals surface area contributed by atoms with E-state index in [1.54, 1.807) is 0 Å². The van der Waals surface area contributed by atoms with Crippen LogP contribution in [0.25, 0.3) is 22.3 Å². The molecule has 0 saturated carbocycles. The standard InChI is InChI=1S/C54H57N3O3.C2H6/c1-2-54(40-59-41-54)39-58-37-11-3-4-12-38-60-53-35-33-52(34-36-53)57(50-29-21-44(22-30-50)42-17-25-48(26-18-42)55-46-13-7-5-8-14-46)51-31-23-45(24-32-51)43-19-27-49(28-20-43)56-47-15-9-6-10-16-47;1-2/h5-10,13-33,35,55-56H,2-4,11-12,34,36-41H2,1H3;1-2H3. The molecule has 62 heavy (non-hydrogen) atoms. The molecule has 0 amide bonds. The van der Waals surface area contributed by atoms with Gasteiger partial charge in [-0.05, 0) is 139 Å². The van der Waals surface area contributed by atoms with Gasteiger partial charge in [0.25, 0.3) is 0 Å². The van der Waals surface area contributed by atoms with E-state index in [0.29, 0.717) is 0 Å². The summed E-state index contributed by atoms with van der Waals surface area (Å²) in [4.78, 5) is 2.39. The van der Waals surface area contributed by atoms with Crippen LogP contribution in [0.15, 0.2) is 181 Å². The highest BCUT2D eigenvalue weighted by Crippen LogP contribution is 2.37. The lowest BCUT2D eigenvalue weighted by atomic mass is 9.84. The van der Waals surface area contributed by atoms with E-state index in [9.17, 15) is 0 Å². The number of benzene rings is 6. The zero-order chi connectivity index (χ0) is 42.8. The number of nitrogens with zero attached hydrogens (tertiary/aromatic N) is 1. The topological polar surface area (TPSA) is 55.0 Å². The second kappa shape index (κ2) is 22.7. The van der Waals surface area contributed by atoms with Crippen molar-refractivity contribution in [2.75, 3.05) is 48.6 Å². The number of hydrogen-bond donors (Lipinski definition) is 2. The maximum Gasteiger partial charge on any atom is 0.0964 e. The van der Waals surface area contributed by atoms with Crippen molar-refractivity contribution >= 4 is 34.1 Å². The second-order valence-electron chi connectivity index (χ2n) is 16.0. The highest BCUT2D eigenvalue weighted by Gasteiger charge is 2.36. The number of anilines is 6. The quantitative estimate of drug-likeness (QED) is 0.0748. The molecule has 1 saturated heterocycles. The molecule has 8 rings (SSSR count). The van der Waals surface area contributed by atoms with E-state index in [1.807, 2.05) is 50.2 Å². The number of unbranched alkanes of at least 4 members (excludes halogenated alkanes) is 3. The average molecular weight is 826 g/mol. The van der Waals surface area contributed by atoms with Crippen LogP contribution in [0.1, 0.15) is 65.7 Å². The van der Waals surface area contributed by atoms with Gasteiger partial charge in [0.1, 0.15) is 0 Å². The summed E-state index contributed by atoms with van der Waals surface area (Å²) in [6.45, 7) is 10.3. The number of rotatable bonds is 20. The number of ether oxygens (including phenoxy) is 3. The highest BCUT2D eigenvalue weighted by atomic mass is 16.5. The van der Waals surface area contributed by atoms with E-state index in [0.717, 1.165) is 111 Å². The Morgan fingerprint density at radius 1 is 0.516 bits per heavy atom. The van der Waals surface area contributed by atoms with Crippen molar-refractivity contribution in [1.29, 1.82) is 0 Å². The van der Waals surface area contributed by atoms with Crippen molar-refractivity contribution in [2.24, 2.45) is 5.41 Å². The zero-order valence-corrected chi connectivity index (χ0v) is 36.8. The molecule has 2 aliphatic rings. The SMILES string of the molecule is CC.CCC1(COCCCCCCOC2=CC=C(N(c3ccc(-c4ccc(Nc5ccccc5)cc4)cc3)c3ccc(-c4ccc(Nc5ccccc5)cc4)cc3)CC2)COC1. The van der Waals surface area contributed by atoms with Gasteiger partial charge >= 0.3 is 0 Å². The minimum Gasteiger partial charge on any atom is -0.498 e. The van der Waals surface area contributed by atoms with E-state index >= 15 is 0 Å². The van der Waals surface area contributed by atoms with Crippen LogP contribution in [0.5, 0.6) is 0 Å². The van der Waals surface area contributed by atoms with Crippen molar-refractivity contribution in [3.8, 4) is 22.3 Å². The highest BCUT2D eigenvalue weighted by molar-refractivity contribution is 5.76. The van der Waals surface area contributed by atoms with E-state index in [2.05, 4.69) is 156 Å². The Labute approximate surface area is 370 Å². The summed E-state index contributed by atoms with van der Waals surface area (Å²) >= 11 is 0. The number of nitrogens with one attached hydrogen (secondary N) is 2. The molecule has 0 radical (unpaired) electrons. The monoisotopic (exact) mass is 825 g/mol. The summed E-state index contributed by atoms with van der Waals surface area (Å²) in [5.41, 5.74) is 12.8. The van der Waals surface area contributed by atoms with Crippen molar-refractivity contribution < 1.29 is 14.2 Å². The Kier molecular flexibility index (Phi) is 16.1. The second-order valence-corrected chi connectivity index (χ2v) is 16.0. The largest absolute Gasteiger partial charge is 0.498 e. The molecular formula is C56H63N3O3. The molecule has 1 heterocycles. The molecule has 0 atom stereocenters. The van der Waals surface area contributed by atoms with E-state index in [1.165, 1.54) is 34.4 Å². The van der Waals surface area contributed by atoms with Gasteiger partial charge in [-0.3, -0.25) is 0 Å². The first-order valence-electron chi connectivity index (χ1n) is 22.7. The Bertz CT molecular complexity index is 2150. The van der Waals surface area contributed by atoms with Gasteiger partial charge in [-0.25, -0.2) is 0 Å². The molecular weight excluding hydrogens is 763 g/mol. The molecule has 2 N–H and O–H groups in total. The van der Waals surface area contributed by atoms with Gasteiger partial charge in [-0.15, -0.1) is 0 Å². The summed E-state index contributed by atoms with van der Waals surface area (Å²) in [6.07, 6.45) is 11.8. The van der Waals surface area contributed by atoms with Crippen molar-refractivity contribution in [3.63, 3.8) is 0 Å². The molecule has 6 aromatic carbocycles. The molecule has 1 aliphatic heterocycles. The average Bonchev–Trinajstić information content (AvgIpc) is 3.32. The molecule has 6 heteroatoms. The van der Waals surface area contributed by atoms with E-state index < -0.39 is 0 Å².